The fourth-order valence-corrected chi connectivity index (χ4v) is 2.49. The SMILES string of the molecule is CC1C=CC(O)(CCC2CCCO2)CC1. The minimum atomic E-state index is -0.543. The molecule has 0 bridgehead atoms. The van der Waals surface area contributed by atoms with E-state index in [0.29, 0.717) is 12.0 Å². The van der Waals surface area contributed by atoms with Crippen molar-refractivity contribution in [2.75, 3.05) is 6.61 Å². The van der Waals surface area contributed by atoms with Crippen LogP contribution in [-0.2, 0) is 4.74 Å². The molecule has 2 heteroatoms. The van der Waals surface area contributed by atoms with Crippen LogP contribution in [0, 0.1) is 5.92 Å². The van der Waals surface area contributed by atoms with Crippen LogP contribution in [0.3, 0.4) is 0 Å². The summed E-state index contributed by atoms with van der Waals surface area (Å²) in [5.41, 5.74) is -0.543. The van der Waals surface area contributed by atoms with Gasteiger partial charge in [0.05, 0.1) is 11.7 Å². The molecule has 2 rings (SSSR count). The van der Waals surface area contributed by atoms with Gasteiger partial charge in [-0.05, 0) is 44.4 Å². The molecule has 1 heterocycles. The number of rotatable bonds is 3. The molecule has 1 aliphatic carbocycles. The average molecular weight is 210 g/mol. The Morgan fingerprint density at radius 3 is 2.93 bits per heavy atom. The molecule has 0 aromatic carbocycles. The number of aliphatic hydroxyl groups is 1. The van der Waals surface area contributed by atoms with Crippen molar-refractivity contribution in [1.29, 1.82) is 0 Å². The summed E-state index contributed by atoms with van der Waals surface area (Å²) in [6.07, 6.45) is 10.8. The van der Waals surface area contributed by atoms with E-state index >= 15 is 0 Å². The number of allylic oxidation sites excluding steroid dienone is 1. The van der Waals surface area contributed by atoms with Crippen molar-refractivity contribution in [3.05, 3.63) is 12.2 Å². The van der Waals surface area contributed by atoms with Crippen LogP contribution in [0.25, 0.3) is 0 Å². The molecule has 15 heavy (non-hydrogen) atoms. The second-order valence-electron chi connectivity index (χ2n) is 5.15. The zero-order valence-corrected chi connectivity index (χ0v) is 9.61. The second-order valence-corrected chi connectivity index (χ2v) is 5.15. The first-order valence-corrected chi connectivity index (χ1v) is 6.21. The van der Waals surface area contributed by atoms with Crippen LogP contribution in [0.2, 0.25) is 0 Å². The van der Waals surface area contributed by atoms with Crippen molar-refractivity contribution >= 4 is 0 Å². The molecular weight excluding hydrogens is 188 g/mol. The van der Waals surface area contributed by atoms with E-state index in [1.807, 2.05) is 6.08 Å². The maximum Gasteiger partial charge on any atom is 0.0829 e. The van der Waals surface area contributed by atoms with Gasteiger partial charge in [0.15, 0.2) is 0 Å². The standard InChI is InChI=1S/C13H22O2/c1-11-4-7-13(14,8-5-11)9-6-12-3-2-10-15-12/h4,7,11-12,14H,2-3,5-6,8-10H2,1H3. The third-order valence-corrected chi connectivity index (χ3v) is 3.69. The highest BCUT2D eigenvalue weighted by Crippen LogP contribution is 2.31. The highest BCUT2D eigenvalue weighted by Gasteiger charge is 2.28. The van der Waals surface area contributed by atoms with Crippen LogP contribution in [-0.4, -0.2) is 23.4 Å². The van der Waals surface area contributed by atoms with E-state index < -0.39 is 5.60 Å². The Bertz CT molecular complexity index is 231. The highest BCUT2D eigenvalue weighted by molar-refractivity contribution is 5.07. The van der Waals surface area contributed by atoms with Gasteiger partial charge in [0.25, 0.3) is 0 Å². The molecule has 0 amide bonds. The van der Waals surface area contributed by atoms with Gasteiger partial charge in [0.2, 0.25) is 0 Å². The summed E-state index contributed by atoms with van der Waals surface area (Å²) in [6.45, 7) is 3.12. The van der Waals surface area contributed by atoms with Gasteiger partial charge >= 0.3 is 0 Å². The van der Waals surface area contributed by atoms with E-state index in [-0.39, 0.29) is 0 Å². The van der Waals surface area contributed by atoms with Gasteiger partial charge in [0.1, 0.15) is 0 Å². The summed E-state index contributed by atoms with van der Waals surface area (Å²) in [7, 11) is 0. The third-order valence-electron chi connectivity index (χ3n) is 3.69. The van der Waals surface area contributed by atoms with Crippen molar-refractivity contribution in [2.45, 2.75) is 57.2 Å². The van der Waals surface area contributed by atoms with Gasteiger partial charge < -0.3 is 9.84 Å². The molecule has 2 aliphatic rings. The maximum atomic E-state index is 10.3. The van der Waals surface area contributed by atoms with E-state index in [0.717, 1.165) is 32.3 Å². The molecule has 86 valence electrons. The lowest BCUT2D eigenvalue weighted by atomic mass is 9.82. The molecule has 0 aromatic heterocycles. The maximum absolute atomic E-state index is 10.3. The molecule has 2 nitrogen and oxygen atoms in total. The second kappa shape index (κ2) is 4.67. The van der Waals surface area contributed by atoms with Crippen LogP contribution < -0.4 is 0 Å². The van der Waals surface area contributed by atoms with E-state index in [9.17, 15) is 5.11 Å². The van der Waals surface area contributed by atoms with Crippen LogP contribution >= 0.6 is 0 Å². The minimum absolute atomic E-state index is 0.404. The van der Waals surface area contributed by atoms with E-state index in [1.54, 1.807) is 0 Å². The number of ether oxygens (including phenoxy) is 1. The van der Waals surface area contributed by atoms with Gasteiger partial charge in [-0.25, -0.2) is 0 Å². The van der Waals surface area contributed by atoms with Gasteiger partial charge in [-0.3, -0.25) is 0 Å². The molecule has 1 saturated heterocycles. The van der Waals surface area contributed by atoms with E-state index in [2.05, 4.69) is 13.0 Å². The number of hydrogen-bond donors (Lipinski definition) is 1. The smallest absolute Gasteiger partial charge is 0.0829 e. The predicted octanol–water partition coefficient (Wildman–Crippen LogP) is 2.66. The van der Waals surface area contributed by atoms with Crippen LogP contribution in [0.1, 0.15) is 45.4 Å². The number of hydrogen-bond acceptors (Lipinski definition) is 2. The molecular formula is C13H22O2. The Hall–Kier alpha value is -0.340. The Balaban J connectivity index is 1.80. The minimum Gasteiger partial charge on any atom is -0.386 e. The van der Waals surface area contributed by atoms with Crippen molar-refractivity contribution in [1.82, 2.24) is 0 Å². The lowest BCUT2D eigenvalue weighted by molar-refractivity contribution is 0.0332. The Morgan fingerprint density at radius 2 is 2.33 bits per heavy atom. The molecule has 0 aromatic rings. The van der Waals surface area contributed by atoms with Gasteiger partial charge in [-0.2, -0.15) is 0 Å². The molecule has 0 radical (unpaired) electrons. The van der Waals surface area contributed by atoms with E-state index in [4.69, 9.17) is 4.74 Å². The monoisotopic (exact) mass is 210 g/mol. The topological polar surface area (TPSA) is 29.5 Å². The fraction of sp³-hybridized carbons (Fsp3) is 0.846. The molecule has 0 saturated carbocycles. The largest absolute Gasteiger partial charge is 0.386 e. The van der Waals surface area contributed by atoms with Crippen molar-refractivity contribution in [2.24, 2.45) is 5.92 Å². The average Bonchev–Trinajstić information content (AvgIpc) is 2.73. The Morgan fingerprint density at radius 1 is 1.47 bits per heavy atom. The van der Waals surface area contributed by atoms with Crippen molar-refractivity contribution < 1.29 is 9.84 Å². The summed E-state index contributed by atoms with van der Waals surface area (Å²) in [6, 6.07) is 0. The lowest BCUT2D eigenvalue weighted by Gasteiger charge is -2.30. The normalized spacial score (nSPS) is 40.9. The fourth-order valence-electron chi connectivity index (χ4n) is 2.49. The zero-order chi connectivity index (χ0) is 10.7. The Labute approximate surface area is 92.3 Å². The quantitative estimate of drug-likeness (QED) is 0.726. The van der Waals surface area contributed by atoms with E-state index in [1.165, 1.54) is 12.8 Å². The summed E-state index contributed by atoms with van der Waals surface area (Å²) in [4.78, 5) is 0. The third kappa shape index (κ3) is 3.05. The van der Waals surface area contributed by atoms with Crippen LogP contribution in [0.15, 0.2) is 12.2 Å². The van der Waals surface area contributed by atoms with Crippen LogP contribution in [0.5, 0.6) is 0 Å². The molecule has 3 unspecified atom stereocenters. The van der Waals surface area contributed by atoms with Gasteiger partial charge in [-0.15, -0.1) is 0 Å². The summed E-state index contributed by atoms with van der Waals surface area (Å²) in [5, 5.41) is 10.3. The predicted molar refractivity (Wildman–Crippen MR) is 60.7 cm³/mol. The van der Waals surface area contributed by atoms with Gasteiger partial charge in [0, 0.05) is 6.61 Å². The molecule has 1 fully saturated rings. The first kappa shape index (κ1) is 11.2. The first-order chi connectivity index (χ1) is 7.18. The van der Waals surface area contributed by atoms with Crippen molar-refractivity contribution in [3.8, 4) is 0 Å². The molecule has 1 aliphatic heterocycles. The van der Waals surface area contributed by atoms with Gasteiger partial charge in [-0.1, -0.05) is 19.1 Å². The highest BCUT2D eigenvalue weighted by atomic mass is 16.5. The zero-order valence-electron chi connectivity index (χ0n) is 9.61. The first-order valence-electron chi connectivity index (χ1n) is 6.21. The Kier molecular flexibility index (Phi) is 3.47. The van der Waals surface area contributed by atoms with Crippen LogP contribution in [0.4, 0.5) is 0 Å². The summed E-state index contributed by atoms with van der Waals surface area (Å²) < 4.78 is 5.57. The lowest BCUT2D eigenvalue weighted by Crippen LogP contribution is -2.30. The molecule has 3 atom stereocenters. The summed E-state index contributed by atoms with van der Waals surface area (Å²) in [5.74, 6) is 0.632. The molecule has 1 N–H and O–H groups in total. The van der Waals surface area contributed by atoms with Crippen molar-refractivity contribution in [3.63, 3.8) is 0 Å². The molecule has 0 spiro atoms. The summed E-state index contributed by atoms with van der Waals surface area (Å²) >= 11 is 0.